The van der Waals surface area contributed by atoms with Crippen molar-refractivity contribution in [3.63, 3.8) is 0 Å². The van der Waals surface area contributed by atoms with E-state index in [0.717, 1.165) is 28.7 Å². The minimum Gasteiger partial charge on any atom is -0.491 e. The van der Waals surface area contributed by atoms with Crippen LogP contribution in [0.15, 0.2) is 48.8 Å². The number of aliphatic hydroxyl groups excluding tert-OH is 1. The van der Waals surface area contributed by atoms with E-state index < -0.39 is 65.2 Å². The van der Waals surface area contributed by atoms with Crippen LogP contribution in [0.1, 0.15) is 30.4 Å². The average Bonchev–Trinajstić information content (AvgIpc) is 3.28. The molecule has 3 fully saturated rings. The van der Waals surface area contributed by atoms with Crippen LogP contribution in [0.5, 0.6) is 5.75 Å². The maximum Gasteiger partial charge on any atom is 0.287 e. The van der Waals surface area contributed by atoms with Crippen molar-refractivity contribution in [2.45, 2.75) is 55.3 Å². The highest BCUT2D eigenvalue weighted by Crippen LogP contribution is 2.80. The number of halogens is 6. The van der Waals surface area contributed by atoms with E-state index in [1.807, 2.05) is 0 Å². The molecule has 1 heterocycles. The third kappa shape index (κ3) is 3.95. The Morgan fingerprint density at radius 2 is 1.73 bits per heavy atom. The van der Waals surface area contributed by atoms with E-state index in [-0.39, 0.29) is 25.0 Å². The lowest BCUT2D eigenvalue weighted by molar-refractivity contribution is -0.347. The quantitative estimate of drug-likeness (QED) is 0.391. The maximum absolute atomic E-state index is 16.2. The molecule has 3 saturated carbocycles. The van der Waals surface area contributed by atoms with Gasteiger partial charge in [0.15, 0.2) is 5.60 Å². The molecule has 3 aromatic rings. The van der Waals surface area contributed by atoms with E-state index in [1.54, 1.807) is 12.1 Å². The Bertz CT molecular complexity index is 1250. The zero-order chi connectivity index (χ0) is 26.6. The van der Waals surface area contributed by atoms with E-state index in [1.165, 1.54) is 12.1 Å². The number of ether oxygens (including phenoxy) is 1. The molecule has 0 saturated heterocycles. The number of hydrogen-bond donors (Lipinski definition) is 2. The summed E-state index contributed by atoms with van der Waals surface area (Å²) in [5.41, 5.74) is -5.35. The van der Waals surface area contributed by atoms with Crippen molar-refractivity contribution in [2.24, 2.45) is 5.41 Å². The van der Waals surface area contributed by atoms with Crippen molar-refractivity contribution in [3.8, 4) is 5.75 Å². The molecule has 0 unspecified atom stereocenters. The van der Waals surface area contributed by atoms with Crippen molar-refractivity contribution < 1.29 is 41.3 Å². The number of alkyl halides is 4. The molecule has 2 bridgehead atoms. The molecule has 1 aromatic heterocycles. The molecule has 2 atom stereocenters. The van der Waals surface area contributed by atoms with Crippen LogP contribution in [0.3, 0.4) is 0 Å². The number of aromatic nitrogens is 4. The first-order valence-corrected chi connectivity index (χ1v) is 11.4. The van der Waals surface area contributed by atoms with Crippen LogP contribution in [0.4, 0.5) is 26.3 Å². The molecule has 0 amide bonds. The van der Waals surface area contributed by atoms with Gasteiger partial charge < -0.3 is 14.9 Å². The van der Waals surface area contributed by atoms with Gasteiger partial charge in [-0.3, -0.25) is 0 Å². The van der Waals surface area contributed by atoms with Crippen LogP contribution < -0.4 is 4.74 Å². The van der Waals surface area contributed by atoms with Gasteiger partial charge in [0.25, 0.3) is 12.3 Å². The summed E-state index contributed by atoms with van der Waals surface area (Å²) in [6, 6.07) is 8.31. The number of hydrogen-bond acceptors (Lipinski definition) is 6. The Hall–Kier alpha value is -3.19. The lowest BCUT2D eigenvalue weighted by Crippen LogP contribution is -2.76. The Kier molecular flexibility index (Phi) is 5.98. The summed E-state index contributed by atoms with van der Waals surface area (Å²) in [6.07, 6.45) is -3.87. The molecule has 3 aliphatic carbocycles. The van der Waals surface area contributed by atoms with E-state index in [9.17, 15) is 22.7 Å². The average molecular weight is 528 g/mol. The van der Waals surface area contributed by atoms with Crippen LogP contribution in [-0.4, -0.2) is 55.5 Å². The highest BCUT2D eigenvalue weighted by Gasteiger charge is 2.82. The largest absolute Gasteiger partial charge is 0.491 e. The van der Waals surface area contributed by atoms with Crippen LogP contribution in [0, 0.1) is 17.0 Å². The summed E-state index contributed by atoms with van der Waals surface area (Å²) < 4.78 is 91.4. The Balaban J connectivity index is 1.36. The van der Waals surface area contributed by atoms with Gasteiger partial charge in [-0.1, -0.05) is 12.1 Å². The number of rotatable bonds is 10. The van der Waals surface area contributed by atoms with Crippen molar-refractivity contribution in [3.05, 3.63) is 71.6 Å². The van der Waals surface area contributed by atoms with E-state index in [2.05, 4.69) is 15.5 Å². The van der Waals surface area contributed by atoms with E-state index >= 15 is 8.78 Å². The second-order valence-corrected chi connectivity index (χ2v) is 9.89. The predicted molar refractivity (Wildman–Crippen MR) is 115 cm³/mol. The summed E-state index contributed by atoms with van der Waals surface area (Å²) >= 11 is 0. The Labute approximate surface area is 206 Å². The first-order valence-electron chi connectivity index (χ1n) is 11.4. The van der Waals surface area contributed by atoms with Crippen molar-refractivity contribution in [1.29, 1.82) is 0 Å². The SMILES string of the molecule is O[C@H](COc1ccc(C23CC(C(F)(F)[C@](O)(Cn4cnnn4)c4ccc(F)cc4F)(C2)C3)cc1)C(F)F. The summed E-state index contributed by atoms with van der Waals surface area (Å²) in [5.74, 6) is -5.90. The smallest absolute Gasteiger partial charge is 0.287 e. The fourth-order valence-electron chi connectivity index (χ4n) is 5.69. The van der Waals surface area contributed by atoms with Crippen LogP contribution in [0.2, 0.25) is 0 Å². The third-order valence-electron chi connectivity index (χ3n) is 7.55. The molecule has 2 N–H and O–H groups in total. The molecule has 0 radical (unpaired) electrons. The van der Waals surface area contributed by atoms with E-state index in [4.69, 9.17) is 9.84 Å². The summed E-state index contributed by atoms with van der Waals surface area (Å²) in [4.78, 5) is 0. The van der Waals surface area contributed by atoms with Crippen LogP contribution >= 0.6 is 0 Å². The third-order valence-corrected chi connectivity index (χ3v) is 7.55. The molecule has 2 aromatic carbocycles. The minimum atomic E-state index is -3.85. The predicted octanol–water partition coefficient (Wildman–Crippen LogP) is 3.60. The fourth-order valence-corrected chi connectivity index (χ4v) is 5.69. The number of benzene rings is 2. The molecular weight excluding hydrogens is 506 g/mol. The number of nitrogens with zero attached hydrogens (tertiary/aromatic N) is 4. The second kappa shape index (κ2) is 8.69. The lowest BCUT2D eigenvalue weighted by Gasteiger charge is -2.74. The Morgan fingerprint density at radius 1 is 1.05 bits per heavy atom. The zero-order valence-electron chi connectivity index (χ0n) is 19.2. The van der Waals surface area contributed by atoms with Gasteiger partial charge in [-0.2, -0.15) is 0 Å². The number of tetrazole rings is 1. The molecule has 198 valence electrons. The second-order valence-electron chi connectivity index (χ2n) is 9.89. The van der Waals surface area contributed by atoms with Crippen molar-refractivity contribution >= 4 is 0 Å². The van der Waals surface area contributed by atoms with Gasteiger partial charge in [0, 0.05) is 17.0 Å². The summed E-state index contributed by atoms with van der Waals surface area (Å²) in [6.45, 7) is -1.46. The first-order chi connectivity index (χ1) is 17.4. The van der Waals surface area contributed by atoms with Crippen LogP contribution in [0.25, 0.3) is 0 Å². The molecule has 13 heteroatoms. The van der Waals surface area contributed by atoms with Gasteiger partial charge in [0.05, 0.1) is 6.54 Å². The van der Waals surface area contributed by atoms with Gasteiger partial charge >= 0.3 is 0 Å². The van der Waals surface area contributed by atoms with Gasteiger partial charge in [0.1, 0.15) is 36.4 Å². The van der Waals surface area contributed by atoms with Gasteiger partial charge in [-0.15, -0.1) is 5.10 Å². The van der Waals surface area contributed by atoms with Gasteiger partial charge in [0.2, 0.25) is 0 Å². The van der Waals surface area contributed by atoms with Crippen molar-refractivity contribution in [1.82, 2.24) is 20.2 Å². The molecular formula is C24H22F6N4O3. The summed E-state index contributed by atoms with van der Waals surface area (Å²) in [7, 11) is 0. The van der Waals surface area contributed by atoms with Gasteiger partial charge in [-0.05, 0) is 64.9 Å². The Morgan fingerprint density at radius 3 is 2.30 bits per heavy atom. The molecule has 0 aliphatic heterocycles. The maximum atomic E-state index is 16.2. The molecule has 6 rings (SSSR count). The topological polar surface area (TPSA) is 93.3 Å². The van der Waals surface area contributed by atoms with Gasteiger partial charge in [-0.25, -0.2) is 31.0 Å². The molecule has 7 nitrogen and oxygen atoms in total. The molecule has 3 aliphatic rings. The summed E-state index contributed by atoms with van der Waals surface area (Å²) in [5, 5.41) is 30.8. The molecule has 0 spiro atoms. The normalized spacial score (nSPS) is 25.2. The highest BCUT2D eigenvalue weighted by atomic mass is 19.3. The van der Waals surface area contributed by atoms with E-state index in [0.29, 0.717) is 6.07 Å². The zero-order valence-corrected chi connectivity index (χ0v) is 19.2. The van der Waals surface area contributed by atoms with Crippen molar-refractivity contribution in [2.75, 3.05) is 6.61 Å². The standard InChI is InChI=1S/C24H22F6N4O3/c25-15-3-6-17(18(26)7-15)23(36,12-34-13-31-32-33-34)24(29,30)22-9-21(10-22,11-22)14-1-4-16(5-2-14)37-8-19(35)20(27)28/h1-7,13,19-20,35-36H,8-12H2/t19-,21?,22?,23+/m1/s1. The fraction of sp³-hybridized carbons (Fsp3) is 0.458. The first kappa shape index (κ1) is 25.5. The van der Waals surface area contributed by atoms with Crippen LogP contribution in [-0.2, 0) is 17.6 Å². The molecule has 37 heavy (non-hydrogen) atoms. The monoisotopic (exact) mass is 528 g/mol. The number of aliphatic hydroxyl groups is 2. The lowest BCUT2D eigenvalue weighted by atomic mass is 9.30. The minimum absolute atomic E-state index is 0.00195. The highest BCUT2D eigenvalue weighted by molar-refractivity contribution is 5.44.